The number of benzene rings is 1. The number of ketones is 1. The molecule has 2 aliphatic carbocycles. The van der Waals surface area contributed by atoms with Crippen molar-refractivity contribution in [1.82, 2.24) is 15.1 Å². The molecule has 2 saturated carbocycles. The van der Waals surface area contributed by atoms with Crippen molar-refractivity contribution in [3.63, 3.8) is 0 Å². The minimum atomic E-state index is -0.612. The summed E-state index contributed by atoms with van der Waals surface area (Å²) in [7, 11) is 0. The van der Waals surface area contributed by atoms with E-state index in [0.717, 1.165) is 63.6 Å². The number of nitrogens with zero attached hydrogens (tertiary/aromatic N) is 3. The van der Waals surface area contributed by atoms with E-state index in [1.165, 1.54) is 19.3 Å². The van der Waals surface area contributed by atoms with Crippen LogP contribution in [0.5, 0.6) is 0 Å². The number of hydrogen-bond acceptors (Lipinski definition) is 7. The van der Waals surface area contributed by atoms with Gasteiger partial charge in [-0.15, -0.1) is 0 Å². The minimum Gasteiger partial charge on any atom is -0.369 e. The first kappa shape index (κ1) is 26.1. The lowest BCUT2D eigenvalue weighted by Crippen LogP contribution is -2.54. The molecule has 0 radical (unpaired) electrons. The fourth-order valence-corrected chi connectivity index (χ4v) is 7.85. The van der Waals surface area contributed by atoms with Crippen LogP contribution in [-0.4, -0.2) is 102 Å². The van der Waals surface area contributed by atoms with Crippen LogP contribution in [0.4, 0.5) is 5.69 Å². The van der Waals surface area contributed by atoms with E-state index in [1.807, 2.05) is 30.5 Å². The van der Waals surface area contributed by atoms with Gasteiger partial charge in [0.25, 0.3) is 5.91 Å². The van der Waals surface area contributed by atoms with Crippen molar-refractivity contribution in [2.45, 2.75) is 74.4 Å². The monoisotopic (exact) mass is 540 g/mol. The standard InChI is InChI=1S/C29H40N4O4S/c1-38-24-17-33(26-23(34)18-37-27(24)26)29(36)25(19-5-2-3-6-19)30-28(35)20-9-11-22(12-10-20)32-15-13-31(14-16-32)21-7-4-8-21/h9-12,19,21,24-27H,2-8,13-18H2,1H3,(H,30,35)/t24-,25-,26+,27+/m0/s1. The molecule has 0 aromatic heterocycles. The largest absolute Gasteiger partial charge is 0.369 e. The molecule has 6 rings (SSSR count). The maximum Gasteiger partial charge on any atom is 0.251 e. The molecule has 0 spiro atoms. The zero-order chi connectivity index (χ0) is 26.2. The predicted octanol–water partition coefficient (Wildman–Crippen LogP) is 2.56. The van der Waals surface area contributed by atoms with Crippen LogP contribution in [0.25, 0.3) is 0 Å². The van der Waals surface area contributed by atoms with Gasteiger partial charge in [0.1, 0.15) is 18.7 Å². The van der Waals surface area contributed by atoms with Crippen molar-refractivity contribution in [2.75, 3.05) is 50.5 Å². The average molecular weight is 541 g/mol. The molecule has 0 unspecified atom stereocenters. The number of carbonyl (C=O) groups excluding carboxylic acids is 3. The van der Waals surface area contributed by atoms with Crippen molar-refractivity contribution in [3.05, 3.63) is 29.8 Å². The van der Waals surface area contributed by atoms with Crippen LogP contribution in [0.2, 0.25) is 0 Å². The van der Waals surface area contributed by atoms with Crippen LogP contribution < -0.4 is 10.2 Å². The smallest absolute Gasteiger partial charge is 0.251 e. The number of likely N-dealkylation sites (tertiary alicyclic amines) is 1. The van der Waals surface area contributed by atoms with Gasteiger partial charge in [-0.25, -0.2) is 0 Å². The average Bonchev–Trinajstić information content (AvgIpc) is 3.65. The van der Waals surface area contributed by atoms with Gasteiger partial charge in [0.05, 0.1) is 11.4 Å². The molecule has 38 heavy (non-hydrogen) atoms. The summed E-state index contributed by atoms with van der Waals surface area (Å²) in [5, 5.41) is 3.18. The Kier molecular flexibility index (Phi) is 7.69. The quantitative estimate of drug-likeness (QED) is 0.569. The molecule has 3 aliphatic heterocycles. The highest BCUT2D eigenvalue weighted by molar-refractivity contribution is 7.99. The number of rotatable bonds is 7. The first-order valence-corrected chi connectivity index (χ1v) is 15.7. The summed E-state index contributed by atoms with van der Waals surface area (Å²) < 4.78 is 5.76. The van der Waals surface area contributed by atoms with Crippen molar-refractivity contribution >= 4 is 35.0 Å². The normalized spacial score (nSPS) is 29.4. The van der Waals surface area contributed by atoms with E-state index < -0.39 is 12.1 Å². The van der Waals surface area contributed by atoms with E-state index >= 15 is 0 Å². The van der Waals surface area contributed by atoms with E-state index in [1.54, 1.807) is 16.7 Å². The maximum absolute atomic E-state index is 13.9. The fraction of sp³-hybridized carbons (Fsp3) is 0.690. The molecule has 8 nitrogen and oxygen atoms in total. The van der Waals surface area contributed by atoms with Crippen LogP contribution in [-0.2, 0) is 14.3 Å². The van der Waals surface area contributed by atoms with Gasteiger partial charge >= 0.3 is 0 Å². The summed E-state index contributed by atoms with van der Waals surface area (Å²) >= 11 is 1.64. The molecule has 4 atom stereocenters. The highest BCUT2D eigenvalue weighted by Crippen LogP contribution is 2.36. The van der Waals surface area contributed by atoms with E-state index in [4.69, 9.17) is 4.74 Å². The molecule has 1 aromatic carbocycles. The van der Waals surface area contributed by atoms with Crippen molar-refractivity contribution in [3.8, 4) is 0 Å². The predicted molar refractivity (Wildman–Crippen MR) is 149 cm³/mol. The number of carbonyl (C=O) groups is 3. The number of Topliss-reactive ketones (excluding diaryl/α,β-unsaturated/α-hetero) is 1. The van der Waals surface area contributed by atoms with Gasteiger partial charge in [-0.3, -0.25) is 19.3 Å². The highest BCUT2D eigenvalue weighted by atomic mass is 32.2. The highest BCUT2D eigenvalue weighted by Gasteiger charge is 2.53. The maximum atomic E-state index is 13.9. The van der Waals surface area contributed by atoms with Crippen LogP contribution in [0.1, 0.15) is 55.3 Å². The lowest BCUT2D eigenvalue weighted by molar-refractivity contribution is -0.139. The van der Waals surface area contributed by atoms with Gasteiger partial charge in [0.2, 0.25) is 5.91 Å². The number of nitrogens with one attached hydrogen (secondary N) is 1. The molecule has 206 valence electrons. The fourth-order valence-electron chi connectivity index (χ4n) is 7.04. The third-order valence-corrected chi connectivity index (χ3v) is 10.6. The molecule has 5 aliphatic rings. The Morgan fingerprint density at radius 3 is 2.34 bits per heavy atom. The zero-order valence-electron chi connectivity index (χ0n) is 22.3. The zero-order valence-corrected chi connectivity index (χ0v) is 23.2. The lowest BCUT2D eigenvalue weighted by Gasteiger charge is -2.43. The van der Waals surface area contributed by atoms with Gasteiger partial charge in [-0.1, -0.05) is 19.3 Å². The van der Waals surface area contributed by atoms with Crippen molar-refractivity contribution in [1.29, 1.82) is 0 Å². The molecular formula is C29H40N4O4S. The van der Waals surface area contributed by atoms with Gasteiger partial charge in [-0.05, 0) is 62.1 Å². The van der Waals surface area contributed by atoms with Crippen molar-refractivity contribution in [2.24, 2.45) is 5.92 Å². The van der Waals surface area contributed by atoms with Gasteiger partial charge in [0.15, 0.2) is 5.78 Å². The van der Waals surface area contributed by atoms with E-state index in [2.05, 4.69) is 15.1 Å². The summed E-state index contributed by atoms with van der Waals surface area (Å²) in [5.74, 6) is -0.276. The molecule has 1 aromatic rings. The number of anilines is 1. The molecule has 3 heterocycles. The third kappa shape index (κ3) is 4.97. The summed E-state index contributed by atoms with van der Waals surface area (Å²) in [6.07, 6.45) is 9.77. The second kappa shape index (κ2) is 11.2. The molecule has 0 bridgehead atoms. The topological polar surface area (TPSA) is 82.2 Å². The Morgan fingerprint density at radius 1 is 1.00 bits per heavy atom. The van der Waals surface area contributed by atoms with Gasteiger partial charge < -0.3 is 19.9 Å². The van der Waals surface area contributed by atoms with E-state index in [9.17, 15) is 14.4 Å². The number of hydrogen-bond donors (Lipinski definition) is 1. The molecule has 5 fully saturated rings. The van der Waals surface area contributed by atoms with Gasteiger partial charge in [0, 0.05) is 50.0 Å². The van der Waals surface area contributed by atoms with Crippen LogP contribution in [0.3, 0.4) is 0 Å². The van der Waals surface area contributed by atoms with Crippen LogP contribution in [0.15, 0.2) is 24.3 Å². The van der Waals surface area contributed by atoms with Crippen LogP contribution in [0, 0.1) is 5.92 Å². The lowest BCUT2D eigenvalue weighted by atomic mass is 9.91. The number of piperazine rings is 1. The van der Waals surface area contributed by atoms with E-state index in [0.29, 0.717) is 12.1 Å². The Hall–Kier alpha value is -2.10. The Labute approximate surface area is 229 Å². The summed E-state index contributed by atoms with van der Waals surface area (Å²) in [6.45, 7) is 4.78. The molecule has 9 heteroatoms. The van der Waals surface area contributed by atoms with Gasteiger partial charge in [-0.2, -0.15) is 11.8 Å². The van der Waals surface area contributed by atoms with Crippen molar-refractivity contribution < 1.29 is 19.1 Å². The number of thioether (sulfide) groups is 1. The molecule has 2 amide bonds. The number of ether oxygens (including phenoxy) is 1. The molecule has 3 saturated heterocycles. The second-order valence-electron chi connectivity index (χ2n) is 11.6. The minimum absolute atomic E-state index is 0.0273. The number of amides is 2. The summed E-state index contributed by atoms with van der Waals surface area (Å²) in [6, 6.07) is 7.47. The molecular weight excluding hydrogens is 500 g/mol. The third-order valence-electron chi connectivity index (χ3n) is 9.55. The van der Waals surface area contributed by atoms with E-state index in [-0.39, 0.29) is 41.5 Å². The Morgan fingerprint density at radius 2 is 1.71 bits per heavy atom. The first-order chi connectivity index (χ1) is 18.5. The summed E-state index contributed by atoms with van der Waals surface area (Å²) in [5.41, 5.74) is 1.71. The molecule has 1 N–H and O–H groups in total. The second-order valence-corrected chi connectivity index (χ2v) is 12.7. The Balaban J connectivity index is 1.12. The first-order valence-electron chi connectivity index (χ1n) is 14.4. The van der Waals surface area contributed by atoms with Crippen LogP contribution >= 0.6 is 11.8 Å². The SMILES string of the molecule is CS[C@H]1CN(C(=O)[C@@H](NC(=O)c2ccc(N3CCN(C4CCC4)CC3)cc2)C2CCCC2)[C@@H]2C(=O)CO[C@H]12. The number of fused-ring (bicyclic) bond motifs is 1. The Bertz CT molecular complexity index is 1030. The summed E-state index contributed by atoms with van der Waals surface area (Å²) in [4.78, 5) is 46.6.